The third-order valence-corrected chi connectivity index (χ3v) is 2.14. The predicted octanol–water partition coefficient (Wildman–Crippen LogP) is 2.45. The third-order valence-electron chi connectivity index (χ3n) is 1.89. The third kappa shape index (κ3) is 6.14. The molecule has 96 valence electrons. The van der Waals surface area contributed by atoms with Crippen molar-refractivity contribution in [2.24, 2.45) is 0 Å². The molecule has 0 aromatic heterocycles. The van der Waals surface area contributed by atoms with Crippen LogP contribution in [0.5, 0.6) is 0 Å². The van der Waals surface area contributed by atoms with Crippen molar-refractivity contribution in [3.8, 4) is 11.8 Å². The minimum absolute atomic E-state index is 0.0766. The molecule has 1 rings (SSSR count). The van der Waals surface area contributed by atoms with E-state index in [2.05, 4.69) is 17.2 Å². The molecule has 0 radical (unpaired) electrons. The number of ether oxygens (including phenoxy) is 1. The Bertz CT molecular complexity index is 446. The minimum atomic E-state index is -0.531. The molecule has 0 atom stereocenters. The predicted molar refractivity (Wildman–Crippen MR) is 72.8 cm³/mol. The van der Waals surface area contributed by atoms with Gasteiger partial charge in [-0.1, -0.05) is 23.4 Å². The fourth-order valence-electron chi connectivity index (χ4n) is 1.05. The number of carbonyl (C=O) groups is 1. The van der Waals surface area contributed by atoms with Crippen molar-refractivity contribution in [2.45, 2.75) is 0 Å². The summed E-state index contributed by atoms with van der Waals surface area (Å²) >= 11 is 5.73. The number of anilines is 1. The Balaban J connectivity index is 2.29. The van der Waals surface area contributed by atoms with Gasteiger partial charge in [0.25, 0.3) is 0 Å². The maximum absolute atomic E-state index is 11.3. The maximum atomic E-state index is 11.3. The van der Waals surface area contributed by atoms with Gasteiger partial charge < -0.3 is 4.74 Å². The molecule has 0 aliphatic heterocycles. The highest BCUT2D eigenvalue weighted by Gasteiger charge is 2.01. The van der Waals surface area contributed by atoms with Crippen LogP contribution in [0.3, 0.4) is 0 Å². The monoisotopic (exact) mass is 266 g/mol. The van der Waals surface area contributed by atoms with Crippen LogP contribution in [-0.4, -0.2) is 38.2 Å². The van der Waals surface area contributed by atoms with E-state index in [0.29, 0.717) is 17.3 Å². The zero-order valence-electron chi connectivity index (χ0n) is 10.4. The van der Waals surface area contributed by atoms with Crippen LogP contribution < -0.4 is 5.32 Å². The Hall–Kier alpha value is -1.70. The van der Waals surface area contributed by atoms with E-state index in [1.54, 1.807) is 24.3 Å². The maximum Gasteiger partial charge on any atom is 0.412 e. The number of benzene rings is 1. The van der Waals surface area contributed by atoms with Crippen LogP contribution >= 0.6 is 11.6 Å². The number of hydrogen-bond acceptors (Lipinski definition) is 3. The van der Waals surface area contributed by atoms with Gasteiger partial charge >= 0.3 is 6.09 Å². The standard InChI is InChI=1S/C13H15ClN2O2/c1-16(2)9-3-4-10-18-13(17)15-12-7-5-11(14)6-8-12/h5-8H,9-10H2,1-2H3,(H,15,17). The van der Waals surface area contributed by atoms with Crippen molar-refractivity contribution in [3.05, 3.63) is 29.3 Å². The first-order chi connectivity index (χ1) is 8.58. The summed E-state index contributed by atoms with van der Waals surface area (Å²) in [6, 6.07) is 6.77. The number of nitrogens with one attached hydrogen (secondary N) is 1. The van der Waals surface area contributed by atoms with Crippen LogP contribution in [0.1, 0.15) is 0 Å². The quantitative estimate of drug-likeness (QED) is 0.855. The van der Waals surface area contributed by atoms with Gasteiger partial charge in [0.2, 0.25) is 0 Å². The minimum Gasteiger partial charge on any atom is -0.436 e. The van der Waals surface area contributed by atoms with Gasteiger partial charge in [-0.05, 0) is 38.4 Å². The van der Waals surface area contributed by atoms with Gasteiger partial charge in [0.15, 0.2) is 6.61 Å². The average Bonchev–Trinajstić information content (AvgIpc) is 2.31. The summed E-state index contributed by atoms with van der Waals surface area (Å²) in [4.78, 5) is 13.3. The van der Waals surface area contributed by atoms with E-state index in [1.165, 1.54) is 0 Å². The number of hydrogen-bond donors (Lipinski definition) is 1. The van der Waals surface area contributed by atoms with E-state index in [-0.39, 0.29) is 6.61 Å². The molecular weight excluding hydrogens is 252 g/mol. The van der Waals surface area contributed by atoms with Crippen molar-refractivity contribution in [1.82, 2.24) is 4.90 Å². The summed E-state index contributed by atoms with van der Waals surface area (Å²) in [6.45, 7) is 0.718. The summed E-state index contributed by atoms with van der Waals surface area (Å²) in [6.07, 6.45) is -0.531. The number of nitrogens with zero attached hydrogens (tertiary/aromatic N) is 1. The number of amides is 1. The molecule has 1 amide bonds. The SMILES string of the molecule is CN(C)CC#CCOC(=O)Nc1ccc(Cl)cc1. The lowest BCUT2D eigenvalue weighted by atomic mass is 10.3. The van der Waals surface area contributed by atoms with Crippen LogP contribution in [0.15, 0.2) is 24.3 Å². The molecule has 0 aliphatic rings. The molecule has 0 saturated carbocycles. The van der Waals surface area contributed by atoms with Gasteiger partial charge in [0.1, 0.15) is 0 Å². The first-order valence-corrected chi connectivity index (χ1v) is 5.75. The zero-order chi connectivity index (χ0) is 13.4. The highest BCUT2D eigenvalue weighted by atomic mass is 35.5. The van der Waals surface area contributed by atoms with E-state index in [9.17, 15) is 4.79 Å². The van der Waals surface area contributed by atoms with Crippen LogP contribution in [0, 0.1) is 11.8 Å². The number of halogens is 1. The molecule has 1 N–H and O–H groups in total. The molecule has 0 saturated heterocycles. The number of carbonyl (C=O) groups excluding carboxylic acids is 1. The fraction of sp³-hybridized carbons (Fsp3) is 0.308. The summed E-state index contributed by atoms with van der Waals surface area (Å²) < 4.78 is 4.88. The van der Waals surface area contributed by atoms with E-state index in [1.807, 2.05) is 19.0 Å². The Morgan fingerprint density at radius 3 is 2.61 bits per heavy atom. The summed E-state index contributed by atoms with van der Waals surface area (Å²) in [5.74, 6) is 5.61. The summed E-state index contributed by atoms with van der Waals surface area (Å²) in [7, 11) is 3.84. The second-order valence-electron chi connectivity index (χ2n) is 3.80. The van der Waals surface area contributed by atoms with Crippen molar-refractivity contribution >= 4 is 23.4 Å². The van der Waals surface area contributed by atoms with Gasteiger partial charge in [-0.3, -0.25) is 10.2 Å². The van der Waals surface area contributed by atoms with Crippen LogP contribution in [0.2, 0.25) is 5.02 Å². The molecule has 1 aromatic rings. The molecule has 0 spiro atoms. The molecule has 5 heteroatoms. The van der Waals surface area contributed by atoms with Gasteiger partial charge in [0.05, 0.1) is 6.54 Å². The Kier molecular flexibility index (Phi) is 6.06. The second kappa shape index (κ2) is 7.59. The van der Waals surface area contributed by atoms with Crippen molar-refractivity contribution in [2.75, 3.05) is 32.6 Å². The highest BCUT2D eigenvalue weighted by Crippen LogP contribution is 2.13. The highest BCUT2D eigenvalue weighted by molar-refractivity contribution is 6.30. The van der Waals surface area contributed by atoms with Crippen molar-refractivity contribution < 1.29 is 9.53 Å². The van der Waals surface area contributed by atoms with Crippen LogP contribution in [0.4, 0.5) is 10.5 Å². The smallest absolute Gasteiger partial charge is 0.412 e. The molecule has 18 heavy (non-hydrogen) atoms. The van der Waals surface area contributed by atoms with Gasteiger partial charge in [-0.15, -0.1) is 0 Å². The van der Waals surface area contributed by atoms with E-state index in [4.69, 9.17) is 16.3 Å². The van der Waals surface area contributed by atoms with E-state index < -0.39 is 6.09 Å². The van der Waals surface area contributed by atoms with Crippen molar-refractivity contribution in [1.29, 1.82) is 0 Å². The number of rotatable bonds is 3. The lowest BCUT2D eigenvalue weighted by Gasteiger charge is -2.04. The zero-order valence-corrected chi connectivity index (χ0v) is 11.1. The lowest BCUT2D eigenvalue weighted by molar-refractivity contribution is 0.176. The first kappa shape index (κ1) is 14.4. The molecule has 4 nitrogen and oxygen atoms in total. The largest absolute Gasteiger partial charge is 0.436 e. The van der Waals surface area contributed by atoms with Crippen LogP contribution in [-0.2, 0) is 4.74 Å². The normalized spacial score (nSPS) is 9.56. The van der Waals surface area contributed by atoms with Gasteiger partial charge in [-0.25, -0.2) is 4.79 Å². The molecule has 0 fully saturated rings. The Labute approximate surface area is 112 Å². The van der Waals surface area contributed by atoms with Crippen LogP contribution in [0.25, 0.3) is 0 Å². The Morgan fingerprint density at radius 2 is 2.00 bits per heavy atom. The molecule has 0 bridgehead atoms. The van der Waals surface area contributed by atoms with E-state index >= 15 is 0 Å². The Morgan fingerprint density at radius 1 is 1.33 bits per heavy atom. The molecule has 0 unspecified atom stereocenters. The average molecular weight is 267 g/mol. The molecule has 0 heterocycles. The summed E-state index contributed by atoms with van der Waals surface area (Å²) in [5.41, 5.74) is 0.630. The molecule has 1 aromatic carbocycles. The molecule has 0 aliphatic carbocycles. The molecular formula is C13H15ClN2O2. The fourth-order valence-corrected chi connectivity index (χ4v) is 1.18. The van der Waals surface area contributed by atoms with Gasteiger partial charge in [0, 0.05) is 10.7 Å². The second-order valence-corrected chi connectivity index (χ2v) is 4.24. The van der Waals surface area contributed by atoms with Gasteiger partial charge in [-0.2, -0.15) is 0 Å². The topological polar surface area (TPSA) is 41.6 Å². The van der Waals surface area contributed by atoms with Crippen molar-refractivity contribution in [3.63, 3.8) is 0 Å². The summed E-state index contributed by atoms with van der Waals surface area (Å²) in [5, 5.41) is 3.19. The first-order valence-electron chi connectivity index (χ1n) is 5.38. The van der Waals surface area contributed by atoms with E-state index in [0.717, 1.165) is 0 Å². The lowest BCUT2D eigenvalue weighted by Crippen LogP contribution is -2.14.